The Morgan fingerprint density at radius 2 is 2.16 bits per heavy atom. The third-order valence-electron chi connectivity index (χ3n) is 2.91. The van der Waals surface area contributed by atoms with E-state index in [4.69, 9.17) is 9.47 Å². The molecule has 1 aromatic heterocycles. The average molecular weight is 276 g/mol. The van der Waals surface area contributed by atoms with Crippen LogP contribution < -0.4 is 14.8 Å². The molecule has 0 atom stereocenters. The molecule has 0 spiro atoms. The molecule has 2 heterocycles. The van der Waals surface area contributed by atoms with E-state index < -0.39 is 0 Å². The Kier molecular flexibility index (Phi) is 3.66. The summed E-state index contributed by atoms with van der Waals surface area (Å²) in [5, 5.41) is 6.57. The smallest absolute Gasteiger partial charge is 0.165 e. The molecule has 0 unspecified atom stereocenters. The zero-order valence-corrected chi connectivity index (χ0v) is 11.6. The van der Waals surface area contributed by atoms with Crippen LogP contribution in [-0.4, -0.2) is 18.2 Å². The maximum Gasteiger partial charge on any atom is 0.165 e. The van der Waals surface area contributed by atoms with E-state index >= 15 is 0 Å². The number of rotatable bonds is 4. The molecule has 0 radical (unpaired) electrons. The van der Waals surface area contributed by atoms with Gasteiger partial charge in [0.1, 0.15) is 18.2 Å². The van der Waals surface area contributed by atoms with Gasteiger partial charge in [0.05, 0.1) is 0 Å². The van der Waals surface area contributed by atoms with Crippen LogP contribution >= 0.6 is 11.3 Å². The second kappa shape index (κ2) is 5.59. The molecule has 4 nitrogen and oxygen atoms in total. The standard InChI is InChI=1S/C14H16N2O2S/c1-10-9-19-13(16-10)8-15-7-11-3-2-4-12-14(11)18-6-5-17-12/h2-4,9,15H,5-8H2,1H3. The number of thiazole rings is 1. The van der Waals surface area contributed by atoms with Crippen molar-refractivity contribution < 1.29 is 9.47 Å². The summed E-state index contributed by atoms with van der Waals surface area (Å²) in [6.45, 7) is 4.80. The van der Waals surface area contributed by atoms with Crippen molar-refractivity contribution in [3.63, 3.8) is 0 Å². The number of hydrogen-bond acceptors (Lipinski definition) is 5. The molecule has 1 N–H and O–H groups in total. The quantitative estimate of drug-likeness (QED) is 0.932. The van der Waals surface area contributed by atoms with Gasteiger partial charge in [-0.2, -0.15) is 0 Å². The van der Waals surface area contributed by atoms with Crippen LogP contribution in [0.5, 0.6) is 11.5 Å². The van der Waals surface area contributed by atoms with Gasteiger partial charge >= 0.3 is 0 Å². The minimum atomic E-state index is 0.621. The first-order valence-electron chi connectivity index (χ1n) is 6.32. The summed E-state index contributed by atoms with van der Waals surface area (Å²) in [6, 6.07) is 6.01. The van der Waals surface area contributed by atoms with Gasteiger partial charge in [0.25, 0.3) is 0 Å². The van der Waals surface area contributed by atoms with Crippen molar-refractivity contribution in [2.24, 2.45) is 0 Å². The van der Waals surface area contributed by atoms with Gasteiger partial charge in [-0.25, -0.2) is 4.98 Å². The fourth-order valence-corrected chi connectivity index (χ4v) is 2.80. The van der Waals surface area contributed by atoms with Crippen LogP contribution in [0.15, 0.2) is 23.6 Å². The minimum absolute atomic E-state index is 0.621. The SMILES string of the molecule is Cc1csc(CNCc2cccc3c2OCCO3)n1. The summed E-state index contributed by atoms with van der Waals surface area (Å²) in [5.74, 6) is 1.72. The molecule has 1 aliphatic heterocycles. The summed E-state index contributed by atoms with van der Waals surface area (Å²) in [5.41, 5.74) is 2.21. The molecule has 3 rings (SSSR count). The molecular formula is C14H16N2O2S. The molecule has 1 aliphatic rings. The number of benzene rings is 1. The number of aromatic nitrogens is 1. The molecule has 0 saturated heterocycles. The highest BCUT2D eigenvalue weighted by molar-refractivity contribution is 7.09. The normalized spacial score (nSPS) is 13.5. The van der Waals surface area contributed by atoms with Gasteiger partial charge in [-0.05, 0) is 13.0 Å². The molecular weight excluding hydrogens is 260 g/mol. The van der Waals surface area contributed by atoms with Gasteiger partial charge < -0.3 is 14.8 Å². The van der Waals surface area contributed by atoms with E-state index in [1.165, 1.54) is 0 Å². The zero-order valence-electron chi connectivity index (χ0n) is 10.8. The number of nitrogens with one attached hydrogen (secondary N) is 1. The average Bonchev–Trinajstić information content (AvgIpc) is 2.85. The fourth-order valence-electron chi connectivity index (χ4n) is 2.06. The maximum absolute atomic E-state index is 5.68. The van der Waals surface area contributed by atoms with Crippen LogP contribution in [0.25, 0.3) is 0 Å². The molecule has 0 fully saturated rings. The molecule has 19 heavy (non-hydrogen) atoms. The largest absolute Gasteiger partial charge is 0.486 e. The highest BCUT2D eigenvalue weighted by atomic mass is 32.1. The molecule has 0 amide bonds. The number of fused-ring (bicyclic) bond motifs is 1. The molecule has 0 bridgehead atoms. The van der Waals surface area contributed by atoms with Gasteiger partial charge in [0.2, 0.25) is 0 Å². The monoisotopic (exact) mass is 276 g/mol. The Balaban J connectivity index is 1.64. The highest BCUT2D eigenvalue weighted by Gasteiger charge is 2.15. The first kappa shape index (κ1) is 12.4. The predicted octanol–water partition coefficient (Wildman–Crippen LogP) is 2.51. The summed E-state index contributed by atoms with van der Waals surface area (Å²) < 4.78 is 11.3. The van der Waals surface area contributed by atoms with Crippen LogP contribution in [0.4, 0.5) is 0 Å². The van der Waals surface area contributed by atoms with E-state index in [0.29, 0.717) is 13.2 Å². The summed E-state index contributed by atoms with van der Waals surface area (Å²) >= 11 is 1.68. The number of aryl methyl sites for hydroxylation is 1. The first-order chi connectivity index (χ1) is 9.33. The minimum Gasteiger partial charge on any atom is -0.486 e. The van der Waals surface area contributed by atoms with E-state index in [2.05, 4.69) is 21.7 Å². The summed E-state index contributed by atoms with van der Waals surface area (Å²) in [4.78, 5) is 4.43. The third kappa shape index (κ3) is 2.88. The van der Waals surface area contributed by atoms with Crippen molar-refractivity contribution in [2.45, 2.75) is 20.0 Å². The van der Waals surface area contributed by atoms with Gasteiger partial charge in [-0.1, -0.05) is 12.1 Å². The lowest BCUT2D eigenvalue weighted by atomic mass is 10.1. The van der Waals surface area contributed by atoms with Gasteiger partial charge in [-0.3, -0.25) is 0 Å². The van der Waals surface area contributed by atoms with Crippen LogP contribution in [0.1, 0.15) is 16.3 Å². The van der Waals surface area contributed by atoms with Crippen molar-refractivity contribution in [3.05, 3.63) is 39.8 Å². The van der Waals surface area contributed by atoms with Crippen molar-refractivity contribution in [1.82, 2.24) is 10.3 Å². The molecule has 2 aromatic rings. The number of hydrogen-bond donors (Lipinski definition) is 1. The summed E-state index contributed by atoms with van der Waals surface area (Å²) in [6.07, 6.45) is 0. The Labute approximate surface area is 116 Å². The summed E-state index contributed by atoms with van der Waals surface area (Å²) in [7, 11) is 0. The molecule has 1 aromatic carbocycles. The zero-order chi connectivity index (χ0) is 13.1. The van der Waals surface area contributed by atoms with E-state index in [1.807, 2.05) is 19.1 Å². The maximum atomic E-state index is 5.68. The van der Waals surface area contributed by atoms with Crippen LogP contribution in [0.3, 0.4) is 0 Å². The lowest BCUT2D eigenvalue weighted by Gasteiger charge is -2.21. The number of nitrogens with zero attached hydrogens (tertiary/aromatic N) is 1. The molecule has 0 saturated carbocycles. The number of para-hydroxylation sites is 1. The highest BCUT2D eigenvalue weighted by Crippen LogP contribution is 2.33. The van der Waals surface area contributed by atoms with Crippen LogP contribution in [0, 0.1) is 6.92 Å². The van der Waals surface area contributed by atoms with Crippen molar-refractivity contribution in [3.8, 4) is 11.5 Å². The second-order valence-corrected chi connectivity index (χ2v) is 5.37. The van der Waals surface area contributed by atoms with E-state index in [1.54, 1.807) is 11.3 Å². The van der Waals surface area contributed by atoms with E-state index in [0.717, 1.165) is 40.9 Å². The van der Waals surface area contributed by atoms with Crippen LogP contribution in [-0.2, 0) is 13.1 Å². The Hall–Kier alpha value is -1.59. The Bertz CT molecular complexity index is 568. The van der Waals surface area contributed by atoms with Gasteiger partial charge in [0.15, 0.2) is 11.5 Å². The van der Waals surface area contributed by atoms with Crippen LogP contribution in [0.2, 0.25) is 0 Å². The molecule has 5 heteroatoms. The van der Waals surface area contributed by atoms with Gasteiger partial charge in [-0.15, -0.1) is 11.3 Å². The van der Waals surface area contributed by atoms with E-state index in [-0.39, 0.29) is 0 Å². The third-order valence-corrected chi connectivity index (χ3v) is 3.87. The predicted molar refractivity (Wildman–Crippen MR) is 74.8 cm³/mol. The Morgan fingerprint density at radius 1 is 1.26 bits per heavy atom. The second-order valence-electron chi connectivity index (χ2n) is 4.43. The van der Waals surface area contributed by atoms with Crippen molar-refractivity contribution in [1.29, 1.82) is 0 Å². The number of ether oxygens (including phenoxy) is 2. The van der Waals surface area contributed by atoms with Crippen molar-refractivity contribution in [2.75, 3.05) is 13.2 Å². The molecule has 0 aliphatic carbocycles. The van der Waals surface area contributed by atoms with Crippen molar-refractivity contribution >= 4 is 11.3 Å². The van der Waals surface area contributed by atoms with E-state index in [9.17, 15) is 0 Å². The molecule has 100 valence electrons. The topological polar surface area (TPSA) is 43.4 Å². The Morgan fingerprint density at radius 3 is 3.00 bits per heavy atom. The lowest BCUT2D eigenvalue weighted by molar-refractivity contribution is 0.169. The van der Waals surface area contributed by atoms with Gasteiger partial charge in [0, 0.05) is 29.7 Å². The fraction of sp³-hybridized carbons (Fsp3) is 0.357. The first-order valence-corrected chi connectivity index (χ1v) is 7.20. The lowest BCUT2D eigenvalue weighted by Crippen LogP contribution is -2.19.